The molecule has 0 aliphatic carbocycles. The smallest absolute Gasteiger partial charge is 0.263 e. The minimum absolute atomic E-state index is 0. The Kier molecular flexibility index (Phi) is 6.98. The maximum Gasteiger partial charge on any atom is 0.263 e. The zero-order chi connectivity index (χ0) is 18.1. The van der Waals surface area contributed by atoms with Crippen molar-refractivity contribution in [3.05, 3.63) is 29.3 Å². The third-order valence-electron chi connectivity index (χ3n) is 5.87. The molecule has 0 spiro atoms. The number of benzene rings is 1. The van der Waals surface area contributed by atoms with Crippen LogP contribution in [0.2, 0.25) is 0 Å². The first-order valence-corrected chi connectivity index (χ1v) is 9.65. The molecule has 1 aromatic carbocycles. The van der Waals surface area contributed by atoms with E-state index < -0.39 is 6.10 Å². The highest BCUT2D eigenvalue weighted by molar-refractivity contribution is 5.85. The van der Waals surface area contributed by atoms with Gasteiger partial charge >= 0.3 is 0 Å². The van der Waals surface area contributed by atoms with Gasteiger partial charge in [-0.3, -0.25) is 4.79 Å². The molecule has 1 N–H and O–H groups in total. The molecule has 3 unspecified atom stereocenters. The van der Waals surface area contributed by atoms with Gasteiger partial charge < -0.3 is 15.0 Å². The van der Waals surface area contributed by atoms with Gasteiger partial charge in [0.2, 0.25) is 0 Å². The number of amides is 1. The Balaban J connectivity index is 0.00000243. The van der Waals surface area contributed by atoms with Gasteiger partial charge in [-0.2, -0.15) is 0 Å². The van der Waals surface area contributed by atoms with E-state index in [1.54, 1.807) is 0 Å². The van der Waals surface area contributed by atoms with Crippen molar-refractivity contribution in [1.29, 1.82) is 0 Å². The first-order chi connectivity index (χ1) is 11.8. The number of likely N-dealkylation sites (N-methyl/N-ethyl adjacent to an activating group) is 1. The van der Waals surface area contributed by atoms with Gasteiger partial charge in [0.05, 0.1) is 0 Å². The summed E-state index contributed by atoms with van der Waals surface area (Å²) in [4.78, 5) is 14.7. The van der Waals surface area contributed by atoms with Crippen LogP contribution in [0.3, 0.4) is 0 Å². The number of piperidine rings is 1. The first-order valence-electron chi connectivity index (χ1n) is 9.65. The number of aryl methyl sites for hydroxylation is 1. The fourth-order valence-corrected chi connectivity index (χ4v) is 4.43. The molecule has 2 aliphatic heterocycles. The van der Waals surface area contributed by atoms with Gasteiger partial charge in [-0.1, -0.05) is 19.9 Å². The van der Waals surface area contributed by atoms with Gasteiger partial charge in [-0.25, -0.2) is 0 Å². The summed E-state index contributed by atoms with van der Waals surface area (Å²) < 4.78 is 5.97. The van der Waals surface area contributed by atoms with Crippen molar-refractivity contribution >= 4 is 18.3 Å². The summed E-state index contributed by atoms with van der Waals surface area (Å²) >= 11 is 0. The van der Waals surface area contributed by atoms with Gasteiger partial charge in [0.25, 0.3) is 5.91 Å². The van der Waals surface area contributed by atoms with Gasteiger partial charge in [-0.05, 0) is 68.7 Å². The van der Waals surface area contributed by atoms with E-state index in [0.717, 1.165) is 18.6 Å². The molecule has 3 rings (SSSR count). The van der Waals surface area contributed by atoms with Crippen LogP contribution in [0.15, 0.2) is 18.2 Å². The molecular formula is C21H33ClN2O2. The van der Waals surface area contributed by atoms with Crippen molar-refractivity contribution in [2.75, 3.05) is 7.05 Å². The molecule has 2 saturated heterocycles. The second-order valence-corrected chi connectivity index (χ2v) is 8.15. The van der Waals surface area contributed by atoms with Crippen molar-refractivity contribution in [1.82, 2.24) is 10.2 Å². The molecule has 2 bridgehead atoms. The quantitative estimate of drug-likeness (QED) is 0.837. The lowest BCUT2D eigenvalue weighted by Crippen LogP contribution is -2.51. The molecule has 0 saturated carbocycles. The monoisotopic (exact) mass is 380 g/mol. The number of hydrogen-bond acceptors (Lipinski definition) is 3. The summed E-state index contributed by atoms with van der Waals surface area (Å²) in [6.45, 7) is 8.35. The van der Waals surface area contributed by atoms with E-state index in [-0.39, 0.29) is 18.3 Å². The summed E-state index contributed by atoms with van der Waals surface area (Å²) in [6, 6.07) is 7.65. The predicted molar refractivity (Wildman–Crippen MR) is 108 cm³/mol. The number of nitrogens with zero attached hydrogens (tertiary/aromatic N) is 1. The lowest BCUT2D eigenvalue weighted by molar-refractivity contribution is -0.139. The van der Waals surface area contributed by atoms with Crippen LogP contribution in [0.25, 0.3) is 0 Å². The molecule has 0 radical (unpaired) electrons. The van der Waals surface area contributed by atoms with Gasteiger partial charge in [0.1, 0.15) is 5.75 Å². The molecule has 1 amide bonds. The highest BCUT2D eigenvalue weighted by Gasteiger charge is 2.37. The summed E-state index contributed by atoms with van der Waals surface area (Å²) in [5.41, 5.74) is 2.55. The van der Waals surface area contributed by atoms with Gasteiger partial charge in [0, 0.05) is 25.2 Å². The lowest BCUT2D eigenvalue weighted by Gasteiger charge is -2.36. The average molecular weight is 381 g/mol. The minimum Gasteiger partial charge on any atom is -0.481 e. The number of nitrogens with one attached hydrogen (secondary N) is 1. The summed E-state index contributed by atoms with van der Waals surface area (Å²) in [6.07, 6.45) is 4.16. The standard InChI is InChI=1S/C21H32N2O2.ClH/c1-13(2)20-9-8-19(10-14(20)3)25-15(4)21(24)23(5)18-11-16-6-7-17(12-18)22-16;/h8-10,13,15-18,22H,6-7,11-12H2,1-5H3;1H. The maximum atomic E-state index is 12.8. The molecule has 3 atom stereocenters. The second kappa shape index (κ2) is 8.62. The molecule has 1 aromatic rings. The average Bonchev–Trinajstić information content (AvgIpc) is 2.91. The van der Waals surface area contributed by atoms with E-state index in [2.05, 4.69) is 32.2 Å². The van der Waals surface area contributed by atoms with E-state index in [4.69, 9.17) is 4.74 Å². The van der Waals surface area contributed by atoms with Gasteiger partial charge in [-0.15, -0.1) is 12.4 Å². The van der Waals surface area contributed by atoms with Crippen LogP contribution in [0.4, 0.5) is 0 Å². The van der Waals surface area contributed by atoms with Crippen LogP contribution in [0.5, 0.6) is 5.75 Å². The molecule has 2 aliphatic rings. The Morgan fingerprint density at radius 1 is 1.19 bits per heavy atom. The predicted octanol–water partition coefficient (Wildman–Crippen LogP) is 4.05. The second-order valence-electron chi connectivity index (χ2n) is 8.15. The van der Waals surface area contributed by atoms with Crippen molar-refractivity contribution in [3.63, 3.8) is 0 Å². The number of ether oxygens (including phenoxy) is 1. The molecular weight excluding hydrogens is 348 g/mol. The van der Waals surface area contributed by atoms with Crippen LogP contribution < -0.4 is 10.1 Å². The molecule has 5 heteroatoms. The maximum absolute atomic E-state index is 12.8. The van der Waals surface area contributed by atoms with E-state index in [1.165, 1.54) is 24.0 Å². The Morgan fingerprint density at radius 3 is 2.35 bits per heavy atom. The summed E-state index contributed by atoms with van der Waals surface area (Å²) in [7, 11) is 1.94. The Hall–Kier alpha value is -1.26. The fraction of sp³-hybridized carbons (Fsp3) is 0.667. The highest BCUT2D eigenvalue weighted by atomic mass is 35.5. The van der Waals surface area contributed by atoms with Crippen molar-refractivity contribution < 1.29 is 9.53 Å². The van der Waals surface area contributed by atoms with Crippen molar-refractivity contribution in [2.24, 2.45) is 0 Å². The van der Waals surface area contributed by atoms with E-state index in [9.17, 15) is 4.79 Å². The largest absolute Gasteiger partial charge is 0.481 e. The first kappa shape index (κ1) is 21.0. The van der Waals surface area contributed by atoms with Crippen LogP contribution in [0, 0.1) is 6.92 Å². The molecule has 146 valence electrons. The number of fused-ring (bicyclic) bond motifs is 2. The minimum atomic E-state index is -0.457. The Labute approximate surface area is 164 Å². The highest BCUT2D eigenvalue weighted by Crippen LogP contribution is 2.30. The third-order valence-corrected chi connectivity index (χ3v) is 5.87. The van der Waals surface area contributed by atoms with Crippen LogP contribution in [-0.2, 0) is 4.79 Å². The lowest BCUT2D eigenvalue weighted by atomic mass is 9.98. The number of hydrogen-bond donors (Lipinski definition) is 1. The molecule has 0 aromatic heterocycles. The SMILES string of the molecule is Cc1cc(OC(C)C(=O)N(C)C2CC3CCC(C2)N3)ccc1C(C)C.Cl. The normalized spacial score (nSPS) is 25.5. The number of rotatable bonds is 5. The number of carbonyl (C=O) groups is 1. The van der Waals surface area contributed by atoms with E-state index in [0.29, 0.717) is 24.0 Å². The van der Waals surface area contributed by atoms with Crippen molar-refractivity contribution in [2.45, 2.75) is 83.5 Å². The summed E-state index contributed by atoms with van der Waals surface area (Å²) in [5, 5.41) is 3.63. The van der Waals surface area contributed by atoms with Crippen LogP contribution in [0.1, 0.15) is 63.5 Å². The third kappa shape index (κ3) is 4.52. The topological polar surface area (TPSA) is 41.6 Å². The Bertz CT molecular complexity index is 622. The zero-order valence-corrected chi connectivity index (χ0v) is 17.4. The number of carbonyl (C=O) groups excluding carboxylic acids is 1. The van der Waals surface area contributed by atoms with Gasteiger partial charge in [0.15, 0.2) is 6.10 Å². The molecule has 26 heavy (non-hydrogen) atoms. The van der Waals surface area contributed by atoms with E-state index in [1.807, 2.05) is 31.0 Å². The fourth-order valence-electron chi connectivity index (χ4n) is 4.43. The molecule has 4 nitrogen and oxygen atoms in total. The van der Waals surface area contributed by atoms with Crippen LogP contribution >= 0.6 is 12.4 Å². The Morgan fingerprint density at radius 2 is 1.81 bits per heavy atom. The summed E-state index contributed by atoms with van der Waals surface area (Å²) in [5.74, 6) is 1.35. The van der Waals surface area contributed by atoms with Crippen LogP contribution in [-0.4, -0.2) is 42.1 Å². The molecule has 2 heterocycles. The zero-order valence-electron chi connectivity index (χ0n) is 16.6. The van der Waals surface area contributed by atoms with Crippen molar-refractivity contribution in [3.8, 4) is 5.75 Å². The number of halogens is 1. The van der Waals surface area contributed by atoms with E-state index >= 15 is 0 Å². The molecule has 2 fully saturated rings.